The molecule has 5 nitrogen and oxygen atoms in total. The first kappa shape index (κ1) is 12.8. The van der Waals surface area contributed by atoms with Gasteiger partial charge < -0.3 is 9.52 Å². The average Bonchev–Trinajstić information content (AvgIpc) is 2.74. The Morgan fingerprint density at radius 3 is 2.50 bits per heavy atom. The van der Waals surface area contributed by atoms with Gasteiger partial charge in [0.25, 0.3) is 0 Å². The van der Waals surface area contributed by atoms with Gasteiger partial charge >= 0.3 is 5.97 Å². The van der Waals surface area contributed by atoms with Gasteiger partial charge in [0.05, 0.1) is 0 Å². The molecule has 0 spiro atoms. The molecule has 0 aliphatic heterocycles. The molecule has 0 atom stereocenters. The highest BCUT2D eigenvalue weighted by Gasteiger charge is 2.19. The molecule has 0 radical (unpaired) electrons. The van der Waals surface area contributed by atoms with Crippen molar-refractivity contribution in [2.24, 2.45) is 0 Å². The molecule has 2 rings (SSSR count). The van der Waals surface area contributed by atoms with E-state index < -0.39 is 5.97 Å². The van der Waals surface area contributed by atoms with E-state index >= 15 is 0 Å². The van der Waals surface area contributed by atoms with Crippen molar-refractivity contribution in [2.45, 2.75) is 50.9 Å². The molecule has 0 bridgehead atoms. The second kappa shape index (κ2) is 6.33. The van der Waals surface area contributed by atoms with Crippen molar-refractivity contribution in [1.82, 2.24) is 10.2 Å². The summed E-state index contributed by atoms with van der Waals surface area (Å²) in [6, 6.07) is 0. The largest absolute Gasteiger partial charge is 0.478 e. The fourth-order valence-electron chi connectivity index (χ4n) is 2.32. The Morgan fingerprint density at radius 1 is 1.17 bits per heavy atom. The maximum absolute atomic E-state index is 10.4. The van der Waals surface area contributed by atoms with Crippen LogP contribution < -0.4 is 0 Å². The summed E-state index contributed by atoms with van der Waals surface area (Å²) >= 11 is 0. The number of carbonyl (C=O) groups is 1. The molecule has 0 aromatic carbocycles. The molecule has 18 heavy (non-hydrogen) atoms. The highest BCUT2D eigenvalue weighted by Crippen LogP contribution is 2.30. The number of hydrogen-bond donors (Lipinski definition) is 1. The number of carboxylic acid groups (broad SMARTS) is 1. The smallest absolute Gasteiger partial charge is 0.328 e. The van der Waals surface area contributed by atoms with Gasteiger partial charge in [0.2, 0.25) is 11.8 Å². The quantitative estimate of drug-likeness (QED) is 0.834. The fraction of sp³-hybridized carbons (Fsp3) is 0.615. The number of nitrogens with zero attached hydrogens (tertiary/aromatic N) is 2. The van der Waals surface area contributed by atoms with Gasteiger partial charge in [-0.05, 0) is 12.8 Å². The van der Waals surface area contributed by atoms with Crippen molar-refractivity contribution in [1.29, 1.82) is 0 Å². The Morgan fingerprint density at radius 2 is 1.83 bits per heavy atom. The minimum Gasteiger partial charge on any atom is -0.478 e. The van der Waals surface area contributed by atoms with E-state index in [4.69, 9.17) is 9.52 Å². The van der Waals surface area contributed by atoms with Crippen molar-refractivity contribution < 1.29 is 14.3 Å². The topological polar surface area (TPSA) is 76.2 Å². The van der Waals surface area contributed by atoms with Gasteiger partial charge in [-0.15, -0.1) is 10.2 Å². The van der Waals surface area contributed by atoms with Gasteiger partial charge in [-0.3, -0.25) is 0 Å². The van der Waals surface area contributed by atoms with Crippen molar-refractivity contribution in [3.63, 3.8) is 0 Å². The zero-order valence-electron chi connectivity index (χ0n) is 10.3. The van der Waals surface area contributed by atoms with E-state index in [1.165, 1.54) is 38.2 Å². The summed E-state index contributed by atoms with van der Waals surface area (Å²) in [5, 5.41) is 16.4. The van der Waals surface area contributed by atoms with E-state index in [-0.39, 0.29) is 5.89 Å². The Hall–Kier alpha value is -1.65. The molecule has 1 aliphatic rings. The van der Waals surface area contributed by atoms with Crippen LogP contribution in [0.3, 0.4) is 0 Å². The summed E-state index contributed by atoms with van der Waals surface area (Å²) < 4.78 is 5.50. The number of rotatable bonds is 3. The van der Waals surface area contributed by atoms with E-state index in [1.807, 2.05) is 0 Å². The normalized spacial score (nSPS) is 18.7. The first-order valence-corrected chi connectivity index (χ1v) is 6.50. The first-order valence-electron chi connectivity index (χ1n) is 6.50. The van der Waals surface area contributed by atoms with Crippen LogP contribution >= 0.6 is 0 Å². The summed E-state index contributed by atoms with van der Waals surface area (Å²) in [5.74, 6) is 0.252. The van der Waals surface area contributed by atoms with Crippen LogP contribution in [0.15, 0.2) is 10.5 Å². The molecule has 1 N–H and O–H groups in total. The Bertz CT molecular complexity index is 418. The van der Waals surface area contributed by atoms with Crippen LogP contribution in [-0.4, -0.2) is 21.3 Å². The molecule has 98 valence electrons. The van der Waals surface area contributed by atoms with Gasteiger partial charge in [-0.25, -0.2) is 4.79 Å². The van der Waals surface area contributed by atoms with Gasteiger partial charge in [0.1, 0.15) is 0 Å². The highest BCUT2D eigenvalue weighted by atomic mass is 16.4. The van der Waals surface area contributed by atoms with Crippen LogP contribution in [0.5, 0.6) is 0 Å². The van der Waals surface area contributed by atoms with E-state index in [0.29, 0.717) is 11.8 Å². The van der Waals surface area contributed by atoms with Crippen LogP contribution in [0.1, 0.15) is 62.6 Å². The second-order valence-electron chi connectivity index (χ2n) is 4.69. The fourth-order valence-corrected chi connectivity index (χ4v) is 2.32. The number of aromatic nitrogens is 2. The van der Waals surface area contributed by atoms with Gasteiger partial charge in [-0.1, -0.05) is 32.1 Å². The molecule has 0 saturated heterocycles. The SMILES string of the molecule is O=C(O)/C=C/c1nnc(C2CCCCCCC2)o1. The molecule has 5 heteroatoms. The van der Waals surface area contributed by atoms with Gasteiger partial charge in [0, 0.05) is 18.1 Å². The minimum absolute atomic E-state index is 0.273. The van der Waals surface area contributed by atoms with Crippen LogP contribution in [-0.2, 0) is 4.79 Å². The maximum Gasteiger partial charge on any atom is 0.328 e. The maximum atomic E-state index is 10.4. The lowest BCUT2D eigenvalue weighted by atomic mass is 9.91. The van der Waals surface area contributed by atoms with Crippen LogP contribution in [0.25, 0.3) is 6.08 Å². The van der Waals surface area contributed by atoms with Crippen molar-refractivity contribution in [2.75, 3.05) is 0 Å². The number of hydrogen-bond acceptors (Lipinski definition) is 4. The van der Waals surface area contributed by atoms with Crippen LogP contribution in [0, 0.1) is 0 Å². The molecule has 1 heterocycles. The predicted molar refractivity (Wildman–Crippen MR) is 66.0 cm³/mol. The summed E-state index contributed by atoms with van der Waals surface area (Å²) in [4.78, 5) is 10.4. The standard InChI is InChI=1S/C13H18N2O3/c16-12(17)9-8-11-14-15-13(18-11)10-6-4-2-1-3-5-7-10/h8-10H,1-7H2,(H,16,17)/b9-8+. The third-order valence-electron chi connectivity index (χ3n) is 3.28. The Labute approximate surface area is 106 Å². The van der Waals surface area contributed by atoms with Gasteiger partial charge in [-0.2, -0.15) is 0 Å². The van der Waals surface area contributed by atoms with Gasteiger partial charge in [0.15, 0.2) is 0 Å². The third-order valence-corrected chi connectivity index (χ3v) is 3.28. The summed E-state index contributed by atoms with van der Waals surface area (Å²) in [6.45, 7) is 0. The number of aliphatic carboxylic acids is 1. The Balaban J connectivity index is 2.01. The molecule has 1 aliphatic carbocycles. The lowest BCUT2D eigenvalue weighted by Gasteiger charge is -2.15. The number of carboxylic acids is 1. The summed E-state index contributed by atoms with van der Waals surface area (Å²) in [6.07, 6.45) is 10.8. The average molecular weight is 250 g/mol. The van der Waals surface area contributed by atoms with E-state index in [9.17, 15) is 4.79 Å². The van der Waals surface area contributed by atoms with Crippen LogP contribution in [0.4, 0.5) is 0 Å². The van der Waals surface area contributed by atoms with E-state index in [1.54, 1.807) is 0 Å². The molecule has 1 aromatic heterocycles. The zero-order chi connectivity index (χ0) is 12.8. The van der Waals surface area contributed by atoms with Crippen molar-refractivity contribution in [3.05, 3.63) is 17.9 Å². The summed E-state index contributed by atoms with van der Waals surface area (Å²) in [5.41, 5.74) is 0. The molecule has 1 aromatic rings. The minimum atomic E-state index is -1.01. The summed E-state index contributed by atoms with van der Waals surface area (Å²) in [7, 11) is 0. The van der Waals surface area contributed by atoms with Crippen molar-refractivity contribution in [3.8, 4) is 0 Å². The van der Waals surface area contributed by atoms with E-state index in [0.717, 1.165) is 18.9 Å². The lowest BCUT2D eigenvalue weighted by Crippen LogP contribution is -2.02. The zero-order valence-corrected chi connectivity index (χ0v) is 10.3. The Kier molecular flexibility index (Phi) is 4.50. The predicted octanol–water partition coefficient (Wildman–Crippen LogP) is 3.00. The second-order valence-corrected chi connectivity index (χ2v) is 4.69. The molecular formula is C13H18N2O3. The molecule has 1 saturated carbocycles. The van der Waals surface area contributed by atoms with Crippen molar-refractivity contribution >= 4 is 12.0 Å². The molecular weight excluding hydrogens is 232 g/mol. The molecule has 0 unspecified atom stereocenters. The monoisotopic (exact) mass is 250 g/mol. The highest BCUT2D eigenvalue weighted by molar-refractivity contribution is 5.84. The van der Waals surface area contributed by atoms with Crippen LogP contribution in [0.2, 0.25) is 0 Å². The molecule has 0 amide bonds. The lowest BCUT2D eigenvalue weighted by molar-refractivity contribution is -0.131. The molecule has 1 fully saturated rings. The van der Waals surface area contributed by atoms with E-state index in [2.05, 4.69) is 10.2 Å². The third kappa shape index (κ3) is 3.68. The first-order chi connectivity index (χ1) is 8.75.